The Kier molecular flexibility index (Phi) is 4.40. The number of benzene rings is 1. The Morgan fingerprint density at radius 3 is 2.33 bits per heavy atom. The number of hydrogen-bond acceptors (Lipinski definition) is 6. The molecule has 8 nitrogen and oxygen atoms in total. The molecular formula is C18H24N6O2S. The number of fused-ring (bicyclic) bond motifs is 1. The summed E-state index contributed by atoms with van der Waals surface area (Å²) < 4.78 is 28.1. The summed E-state index contributed by atoms with van der Waals surface area (Å²) in [6.07, 6.45) is 1.56. The molecule has 1 aromatic carbocycles. The third kappa shape index (κ3) is 3.24. The number of nitrogens with two attached hydrogens (primary N) is 2. The van der Waals surface area contributed by atoms with Crippen LogP contribution in [0.5, 0.6) is 0 Å². The first kappa shape index (κ1) is 19.1. The summed E-state index contributed by atoms with van der Waals surface area (Å²) in [5.74, 6) is 0.401. The predicted octanol–water partition coefficient (Wildman–Crippen LogP) is 2.27. The van der Waals surface area contributed by atoms with E-state index in [1.165, 1.54) is 14.1 Å². The maximum Gasteiger partial charge on any atom is 0.246 e. The molecule has 9 heteroatoms. The van der Waals surface area contributed by atoms with E-state index in [9.17, 15) is 8.42 Å². The molecule has 2 heterocycles. The van der Waals surface area contributed by atoms with Crippen molar-refractivity contribution in [3.05, 3.63) is 30.5 Å². The van der Waals surface area contributed by atoms with Crippen molar-refractivity contribution in [1.29, 1.82) is 0 Å². The Labute approximate surface area is 158 Å². The Morgan fingerprint density at radius 1 is 1.07 bits per heavy atom. The predicted molar refractivity (Wildman–Crippen MR) is 108 cm³/mol. The summed E-state index contributed by atoms with van der Waals surface area (Å²) in [6, 6.07) is 7.20. The summed E-state index contributed by atoms with van der Waals surface area (Å²) in [4.78, 5) is 8.48. The molecule has 0 saturated carbocycles. The van der Waals surface area contributed by atoms with E-state index in [1.807, 2.05) is 43.5 Å². The highest BCUT2D eigenvalue weighted by atomic mass is 32.2. The quantitative estimate of drug-likeness (QED) is 0.710. The summed E-state index contributed by atoms with van der Waals surface area (Å²) in [6.45, 7) is 6.14. The van der Waals surface area contributed by atoms with E-state index in [-0.39, 0.29) is 16.3 Å². The van der Waals surface area contributed by atoms with Crippen molar-refractivity contribution in [2.24, 2.45) is 0 Å². The SMILES string of the molecule is CN(C)S(=O)(=O)c1cc(-c2ccc3nc(N)n(C(C)(C)C)c3c2)cnc1N. The van der Waals surface area contributed by atoms with Gasteiger partial charge in [-0.25, -0.2) is 22.7 Å². The van der Waals surface area contributed by atoms with E-state index in [0.717, 1.165) is 20.9 Å². The number of anilines is 2. The third-order valence-corrected chi connectivity index (χ3v) is 6.17. The number of imidazole rings is 1. The number of sulfonamides is 1. The highest BCUT2D eigenvalue weighted by Crippen LogP contribution is 2.32. The zero-order valence-corrected chi connectivity index (χ0v) is 16.9. The van der Waals surface area contributed by atoms with Crippen LogP contribution in [-0.2, 0) is 15.6 Å². The van der Waals surface area contributed by atoms with Crippen LogP contribution in [0.1, 0.15) is 20.8 Å². The summed E-state index contributed by atoms with van der Waals surface area (Å²) in [7, 11) is -0.787. The van der Waals surface area contributed by atoms with Gasteiger partial charge in [0, 0.05) is 31.4 Å². The maximum absolute atomic E-state index is 12.5. The van der Waals surface area contributed by atoms with Gasteiger partial charge in [0.1, 0.15) is 10.7 Å². The lowest BCUT2D eigenvalue weighted by Crippen LogP contribution is -2.23. The van der Waals surface area contributed by atoms with Crippen LogP contribution in [0.2, 0.25) is 0 Å². The lowest BCUT2D eigenvalue weighted by atomic mass is 10.1. The van der Waals surface area contributed by atoms with Gasteiger partial charge in [-0.2, -0.15) is 0 Å². The minimum absolute atomic E-state index is 0.0195. The zero-order valence-electron chi connectivity index (χ0n) is 16.1. The van der Waals surface area contributed by atoms with Crippen molar-refractivity contribution >= 4 is 32.8 Å². The van der Waals surface area contributed by atoms with Gasteiger partial charge in [0.25, 0.3) is 0 Å². The van der Waals surface area contributed by atoms with Gasteiger partial charge in [-0.05, 0) is 44.5 Å². The molecule has 0 bridgehead atoms. The van der Waals surface area contributed by atoms with Crippen LogP contribution in [0.25, 0.3) is 22.2 Å². The number of hydrogen-bond donors (Lipinski definition) is 2. The first-order valence-corrected chi connectivity index (χ1v) is 9.84. The molecule has 0 spiro atoms. The van der Waals surface area contributed by atoms with E-state index in [4.69, 9.17) is 11.5 Å². The monoisotopic (exact) mass is 388 g/mol. The first-order valence-electron chi connectivity index (χ1n) is 8.40. The lowest BCUT2D eigenvalue weighted by Gasteiger charge is -2.23. The van der Waals surface area contributed by atoms with Crippen molar-refractivity contribution in [2.45, 2.75) is 31.2 Å². The van der Waals surface area contributed by atoms with Crippen molar-refractivity contribution in [2.75, 3.05) is 25.6 Å². The Balaban J connectivity index is 2.22. The number of nitrogen functional groups attached to an aromatic ring is 2. The van der Waals surface area contributed by atoms with Crippen molar-refractivity contribution in [3.8, 4) is 11.1 Å². The second-order valence-electron chi connectivity index (χ2n) is 7.57. The Hall–Kier alpha value is -2.65. The van der Waals surface area contributed by atoms with Crippen LogP contribution in [0.15, 0.2) is 35.4 Å². The van der Waals surface area contributed by atoms with E-state index in [1.54, 1.807) is 12.3 Å². The van der Waals surface area contributed by atoms with Gasteiger partial charge in [0.05, 0.1) is 11.0 Å². The van der Waals surface area contributed by atoms with Gasteiger partial charge < -0.3 is 16.0 Å². The smallest absolute Gasteiger partial charge is 0.246 e. The molecular weight excluding hydrogens is 364 g/mol. The Bertz CT molecular complexity index is 1130. The van der Waals surface area contributed by atoms with E-state index >= 15 is 0 Å². The van der Waals surface area contributed by atoms with Crippen molar-refractivity contribution < 1.29 is 8.42 Å². The highest BCUT2D eigenvalue weighted by Gasteiger charge is 2.23. The molecule has 0 fully saturated rings. The van der Waals surface area contributed by atoms with Gasteiger partial charge in [-0.15, -0.1) is 0 Å². The van der Waals surface area contributed by atoms with Crippen LogP contribution in [-0.4, -0.2) is 41.4 Å². The van der Waals surface area contributed by atoms with E-state index < -0.39 is 10.0 Å². The molecule has 4 N–H and O–H groups in total. The summed E-state index contributed by atoms with van der Waals surface area (Å²) in [5, 5.41) is 0. The molecule has 0 amide bonds. The molecule has 3 aromatic rings. The van der Waals surface area contributed by atoms with Gasteiger partial charge in [-0.1, -0.05) is 6.07 Å². The van der Waals surface area contributed by atoms with Crippen LogP contribution in [0.4, 0.5) is 11.8 Å². The molecule has 0 saturated heterocycles. The highest BCUT2D eigenvalue weighted by molar-refractivity contribution is 7.89. The van der Waals surface area contributed by atoms with E-state index in [2.05, 4.69) is 9.97 Å². The average Bonchev–Trinajstić information content (AvgIpc) is 2.89. The largest absolute Gasteiger partial charge is 0.383 e. The lowest BCUT2D eigenvalue weighted by molar-refractivity contribution is 0.414. The third-order valence-electron chi connectivity index (χ3n) is 4.32. The van der Waals surface area contributed by atoms with Gasteiger partial charge in [0.2, 0.25) is 16.0 Å². The second-order valence-corrected chi connectivity index (χ2v) is 9.69. The fraction of sp³-hybridized carbons (Fsp3) is 0.333. The minimum atomic E-state index is -3.70. The summed E-state index contributed by atoms with van der Waals surface area (Å²) >= 11 is 0. The maximum atomic E-state index is 12.5. The molecule has 0 unspecified atom stereocenters. The van der Waals surface area contributed by atoms with Crippen LogP contribution in [0.3, 0.4) is 0 Å². The Morgan fingerprint density at radius 2 is 1.74 bits per heavy atom. The van der Waals surface area contributed by atoms with E-state index in [0.29, 0.717) is 11.5 Å². The normalized spacial score (nSPS) is 12.8. The topological polar surface area (TPSA) is 120 Å². The number of nitrogens with zero attached hydrogens (tertiary/aromatic N) is 4. The first-order chi connectivity index (χ1) is 12.4. The van der Waals surface area contributed by atoms with Gasteiger partial charge in [0.15, 0.2) is 0 Å². The fourth-order valence-electron chi connectivity index (χ4n) is 2.99. The van der Waals surface area contributed by atoms with Crippen LogP contribution < -0.4 is 11.5 Å². The van der Waals surface area contributed by atoms with Crippen molar-refractivity contribution in [3.63, 3.8) is 0 Å². The van der Waals surface area contributed by atoms with Crippen molar-refractivity contribution in [1.82, 2.24) is 18.8 Å². The number of aromatic nitrogens is 3. The number of pyridine rings is 1. The second kappa shape index (κ2) is 6.21. The van der Waals surface area contributed by atoms with Crippen LogP contribution >= 0.6 is 0 Å². The molecule has 2 aromatic heterocycles. The average molecular weight is 388 g/mol. The molecule has 3 rings (SSSR count). The van der Waals surface area contributed by atoms with Gasteiger partial charge >= 0.3 is 0 Å². The van der Waals surface area contributed by atoms with Crippen LogP contribution in [0, 0.1) is 0 Å². The molecule has 0 atom stereocenters. The summed E-state index contributed by atoms with van der Waals surface area (Å²) in [5.41, 5.74) is 14.8. The zero-order chi connectivity index (χ0) is 20.1. The molecule has 0 radical (unpaired) electrons. The standard InChI is InChI=1S/C18H24N6O2S/c1-18(2,3)24-14-8-11(6-7-13(14)22-17(24)20)12-9-15(16(19)21-10-12)27(25,26)23(4)5/h6-10H,1-5H3,(H2,19,21)(H2,20,22). The molecule has 0 aliphatic rings. The molecule has 27 heavy (non-hydrogen) atoms. The molecule has 144 valence electrons. The number of rotatable bonds is 3. The van der Waals surface area contributed by atoms with Gasteiger partial charge in [-0.3, -0.25) is 0 Å². The fourth-order valence-corrected chi connectivity index (χ4v) is 3.98. The minimum Gasteiger partial charge on any atom is -0.383 e. The molecule has 0 aliphatic carbocycles. The molecule has 0 aliphatic heterocycles.